The van der Waals surface area contributed by atoms with Crippen LogP contribution in [0, 0.1) is 0 Å². The summed E-state index contributed by atoms with van der Waals surface area (Å²) in [5.74, 6) is -2.76. The fourth-order valence-corrected chi connectivity index (χ4v) is 4.29. The number of carboxylic acids is 1. The highest BCUT2D eigenvalue weighted by Crippen LogP contribution is 2.45. The van der Waals surface area contributed by atoms with E-state index in [9.17, 15) is 18.0 Å². The average molecular weight is 413 g/mol. The number of urea groups is 1. The van der Waals surface area contributed by atoms with Crippen molar-refractivity contribution in [2.24, 2.45) is 0 Å². The van der Waals surface area contributed by atoms with E-state index in [4.69, 9.17) is 9.90 Å². The lowest BCUT2D eigenvalue weighted by Gasteiger charge is -2.46. The molecule has 160 valence electrons. The van der Waals surface area contributed by atoms with Gasteiger partial charge in [-0.3, -0.25) is 0 Å². The largest absolute Gasteiger partial charge is 0.490 e. The van der Waals surface area contributed by atoms with E-state index in [-0.39, 0.29) is 11.4 Å². The molecule has 1 aromatic rings. The summed E-state index contributed by atoms with van der Waals surface area (Å²) in [4.78, 5) is 25.8. The number of piperidine rings is 1. The molecular weight excluding hydrogens is 387 g/mol. The Kier molecular flexibility index (Phi) is 6.07. The summed E-state index contributed by atoms with van der Waals surface area (Å²) in [7, 11) is 2.21. The van der Waals surface area contributed by atoms with Gasteiger partial charge in [0.1, 0.15) is 0 Å². The number of likely N-dealkylation sites (tertiary alicyclic amines) is 2. The second kappa shape index (κ2) is 8.22. The number of halogens is 3. The van der Waals surface area contributed by atoms with Gasteiger partial charge in [-0.1, -0.05) is 30.3 Å². The molecule has 0 aromatic heterocycles. The van der Waals surface area contributed by atoms with Gasteiger partial charge in [0.15, 0.2) is 0 Å². The van der Waals surface area contributed by atoms with Crippen LogP contribution in [0.25, 0.3) is 0 Å². The summed E-state index contributed by atoms with van der Waals surface area (Å²) >= 11 is 0. The molecule has 6 nitrogen and oxygen atoms in total. The molecule has 2 amide bonds. The van der Waals surface area contributed by atoms with Crippen LogP contribution in [0.15, 0.2) is 30.3 Å². The first-order valence-electron chi connectivity index (χ1n) is 9.75. The van der Waals surface area contributed by atoms with Crippen molar-refractivity contribution in [2.45, 2.75) is 49.4 Å². The predicted molar refractivity (Wildman–Crippen MR) is 101 cm³/mol. The predicted octanol–water partition coefficient (Wildman–Crippen LogP) is 2.84. The van der Waals surface area contributed by atoms with E-state index < -0.39 is 12.1 Å². The smallest absolute Gasteiger partial charge is 0.475 e. The molecule has 3 aliphatic rings. The lowest BCUT2D eigenvalue weighted by atomic mass is 9.69. The number of rotatable bonds is 2. The van der Waals surface area contributed by atoms with Gasteiger partial charge >= 0.3 is 18.2 Å². The number of nitrogens with one attached hydrogen (secondary N) is 1. The minimum Gasteiger partial charge on any atom is -0.475 e. The topological polar surface area (TPSA) is 72.9 Å². The molecule has 1 aliphatic carbocycles. The molecule has 9 heteroatoms. The Balaban J connectivity index is 0.000000298. The van der Waals surface area contributed by atoms with Crippen molar-refractivity contribution < 1.29 is 27.9 Å². The van der Waals surface area contributed by atoms with Crippen LogP contribution in [0.5, 0.6) is 0 Å². The second-order valence-corrected chi connectivity index (χ2v) is 7.99. The summed E-state index contributed by atoms with van der Waals surface area (Å²) in [6, 6.07) is 11.9. The van der Waals surface area contributed by atoms with Gasteiger partial charge in [0.25, 0.3) is 0 Å². The van der Waals surface area contributed by atoms with Gasteiger partial charge < -0.3 is 20.2 Å². The van der Waals surface area contributed by atoms with Crippen molar-refractivity contribution >= 4 is 12.0 Å². The van der Waals surface area contributed by atoms with Gasteiger partial charge in [0, 0.05) is 30.6 Å². The van der Waals surface area contributed by atoms with Crippen molar-refractivity contribution in [3.63, 3.8) is 0 Å². The summed E-state index contributed by atoms with van der Waals surface area (Å²) in [6.07, 6.45) is -0.506. The Morgan fingerprint density at radius 2 is 1.72 bits per heavy atom. The highest BCUT2D eigenvalue weighted by atomic mass is 19.4. The zero-order valence-corrected chi connectivity index (χ0v) is 16.3. The molecule has 4 rings (SSSR count). The van der Waals surface area contributed by atoms with E-state index in [0.29, 0.717) is 12.1 Å². The van der Waals surface area contributed by atoms with Crippen LogP contribution in [0.4, 0.5) is 18.0 Å². The quantitative estimate of drug-likeness (QED) is 0.782. The third-order valence-corrected chi connectivity index (χ3v) is 6.09. The van der Waals surface area contributed by atoms with E-state index >= 15 is 0 Å². The fourth-order valence-electron chi connectivity index (χ4n) is 4.29. The summed E-state index contributed by atoms with van der Waals surface area (Å²) in [5.41, 5.74) is 1.68. The molecule has 29 heavy (non-hydrogen) atoms. The Hall–Kier alpha value is -2.29. The molecule has 1 aromatic carbocycles. The van der Waals surface area contributed by atoms with Crippen LogP contribution in [0.1, 0.15) is 31.2 Å². The van der Waals surface area contributed by atoms with E-state index in [2.05, 4.69) is 47.6 Å². The number of likely N-dealkylation sites (N-methyl/N-ethyl adjacent to an activating group) is 1. The Morgan fingerprint density at radius 3 is 2.28 bits per heavy atom. The first kappa shape index (κ1) is 21.4. The number of aliphatic carboxylic acids is 1. The highest BCUT2D eigenvalue weighted by molar-refractivity contribution is 5.75. The van der Waals surface area contributed by atoms with E-state index in [1.54, 1.807) is 0 Å². The zero-order valence-electron chi connectivity index (χ0n) is 16.3. The maximum atomic E-state index is 12.4. The molecule has 0 radical (unpaired) electrons. The molecule has 3 fully saturated rings. The highest BCUT2D eigenvalue weighted by Gasteiger charge is 2.50. The van der Waals surface area contributed by atoms with Crippen molar-refractivity contribution in [3.05, 3.63) is 35.9 Å². The van der Waals surface area contributed by atoms with Crippen LogP contribution >= 0.6 is 0 Å². The molecule has 1 saturated carbocycles. The molecule has 2 heterocycles. The Morgan fingerprint density at radius 1 is 1.14 bits per heavy atom. The van der Waals surface area contributed by atoms with Crippen LogP contribution in [-0.4, -0.2) is 71.8 Å². The molecule has 2 atom stereocenters. The van der Waals surface area contributed by atoms with Gasteiger partial charge in [-0.05, 0) is 44.8 Å². The summed E-state index contributed by atoms with van der Waals surface area (Å²) in [5, 5.41) is 10.3. The van der Waals surface area contributed by atoms with Crippen LogP contribution in [-0.2, 0) is 10.2 Å². The molecule has 2 saturated heterocycles. The summed E-state index contributed by atoms with van der Waals surface area (Å²) < 4.78 is 31.7. The molecule has 0 bridgehead atoms. The lowest BCUT2D eigenvalue weighted by molar-refractivity contribution is -0.192. The molecule has 2 aliphatic heterocycles. The lowest BCUT2D eigenvalue weighted by Crippen LogP contribution is -2.58. The Labute approximate surface area is 167 Å². The van der Waals surface area contributed by atoms with Gasteiger partial charge in [0.2, 0.25) is 0 Å². The first-order chi connectivity index (χ1) is 13.6. The van der Waals surface area contributed by atoms with Crippen molar-refractivity contribution in [2.75, 3.05) is 26.7 Å². The van der Waals surface area contributed by atoms with Crippen LogP contribution in [0.3, 0.4) is 0 Å². The SMILES string of the molecule is CN1CCC2(c3ccccc3)CCN(C(=O)NC3CC3)CC12.O=C(O)C(F)(F)F. The number of alkyl halides is 3. The van der Waals surface area contributed by atoms with Crippen LogP contribution < -0.4 is 5.32 Å². The third kappa shape index (κ3) is 4.83. The number of nitrogens with zero attached hydrogens (tertiary/aromatic N) is 2. The van der Waals surface area contributed by atoms with Crippen molar-refractivity contribution in [1.82, 2.24) is 15.1 Å². The molecular formula is C20H26F3N3O3. The number of fused-ring (bicyclic) bond motifs is 1. The minimum absolute atomic E-state index is 0.143. The van der Waals surface area contributed by atoms with E-state index in [1.807, 2.05) is 4.90 Å². The van der Waals surface area contributed by atoms with Crippen molar-refractivity contribution in [3.8, 4) is 0 Å². The monoisotopic (exact) mass is 413 g/mol. The number of hydrogen-bond acceptors (Lipinski definition) is 3. The number of amides is 2. The number of benzene rings is 1. The third-order valence-electron chi connectivity index (χ3n) is 6.09. The number of carbonyl (C=O) groups is 2. The fraction of sp³-hybridized carbons (Fsp3) is 0.600. The molecule has 2 N–H and O–H groups in total. The number of carboxylic acid groups (broad SMARTS) is 1. The van der Waals surface area contributed by atoms with E-state index in [1.165, 1.54) is 12.0 Å². The molecule has 2 unspecified atom stereocenters. The van der Waals surface area contributed by atoms with Gasteiger partial charge in [-0.15, -0.1) is 0 Å². The maximum Gasteiger partial charge on any atom is 0.490 e. The first-order valence-corrected chi connectivity index (χ1v) is 9.75. The van der Waals surface area contributed by atoms with Gasteiger partial charge in [-0.2, -0.15) is 13.2 Å². The van der Waals surface area contributed by atoms with Crippen molar-refractivity contribution in [1.29, 1.82) is 0 Å². The van der Waals surface area contributed by atoms with E-state index in [0.717, 1.165) is 38.9 Å². The minimum atomic E-state index is -5.08. The van der Waals surface area contributed by atoms with Gasteiger partial charge in [-0.25, -0.2) is 9.59 Å². The number of carbonyl (C=O) groups excluding carboxylic acids is 1. The normalized spacial score (nSPS) is 26.9. The average Bonchev–Trinajstić information content (AvgIpc) is 3.44. The summed E-state index contributed by atoms with van der Waals surface area (Å²) in [6.45, 7) is 2.85. The van der Waals surface area contributed by atoms with Crippen LogP contribution in [0.2, 0.25) is 0 Å². The maximum absolute atomic E-state index is 12.4. The standard InChI is InChI=1S/C18H25N3O.C2HF3O2/c1-20-11-9-18(14-5-3-2-4-6-14)10-12-21(13-16(18)20)17(22)19-15-7-8-15;3-2(4,5)1(6)7/h2-6,15-16H,7-13H2,1H3,(H,19,22);(H,6,7). The Bertz CT molecular complexity index is 739. The second-order valence-electron chi connectivity index (χ2n) is 7.99. The van der Waals surface area contributed by atoms with Gasteiger partial charge in [0.05, 0.1) is 0 Å². The zero-order chi connectivity index (χ0) is 21.2. The number of hydrogen-bond donors (Lipinski definition) is 2. The molecule has 0 spiro atoms.